The molecular weight excluding hydrogens is 247 g/mol. The van der Waals surface area contributed by atoms with E-state index in [4.69, 9.17) is 9.47 Å². The highest BCUT2D eigenvalue weighted by atomic mass is 19.1. The first-order valence-electron chi connectivity index (χ1n) is 5.78. The molecule has 0 aliphatic carbocycles. The minimum atomic E-state index is -0.496. The van der Waals surface area contributed by atoms with Gasteiger partial charge in [0.25, 0.3) is 0 Å². The first-order valence-corrected chi connectivity index (χ1v) is 5.78. The molecule has 1 N–H and O–H groups in total. The molecule has 0 atom stereocenters. The number of methoxy groups -OCH3 is 2. The fraction of sp³-hybridized carbons (Fsp3) is 0.200. The molecule has 0 amide bonds. The van der Waals surface area contributed by atoms with Gasteiger partial charge in [-0.1, -0.05) is 0 Å². The van der Waals surface area contributed by atoms with Crippen LogP contribution in [-0.2, 0) is 0 Å². The van der Waals surface area contributed by atoms with Gasteiger partial charge in [-0.2, -0.15) is 0 Å². The van der Waals surface area contributed by atoms with E-state index in [-0.39, 0.29) is 11.3 Å². The highest BCUT2D eigenvalue weighted by Gasteiger charge is 2.16. The number of benzene rings is 2. The van der Waals surface area contributed by atoms with Crippen LogP contribution in [0.3, 0.4) is 0 Å². The van der Waals surface area contributed by atoms with Crippen molar-refractivity contribution in [3.05, 3.63) is 41.7 Å². The third kappa shape index (κ3) is 2.47. The lowest BCUT2D eigenvalue weighted by Gasteiger charge is -2.13. The fourth-order valence-electron chi connectivity index (χ4n) is 2.00. The van der Waals surface area contributed by atoms with E-state index in [1.165, 1.54) is 26.4 Å². The topological polar surface area (TPSA) is 38.7 Å². The normalized spacial score (nSPS) is 10.3. The summed E-state index contributed by atoms with van der Waals surface area (Å²) in [5.74, 6) is 0.419. The van der Waals surface area contributed by atoms with Crippen LogP contribution in [0.4, 0.5) is 4.39 Å². The molecule has 0 aromatic heterocycles. The maximum atomic E-state index is 14.1. The molecular formula is C15H15FO3. The average molecular weight is 262 g/mol. The van der Waals surface area contributed by atoms with Gasteiger partial charge in [0.2, 0.25) is 0 Å². The van der Waals surface area contributed by atoms with Crippen molar-refractivity contribution in [1.29, 1.82) is 0 Å². The van der Waals surface area contributed by atoms with Crippen molar-refractivity contribution in [2.45, 2.75) is 6.92 Å². The highest BCUT2D eigenvalue weighted by molar-refractivity contribution is 5.77. The maximum absolute atomic E-state index is 14.1. The quantitative estimate of drug-likeness (QED) is 0.919. The lowest BCUT2D eigenvalue weighted by molar-refractivity contribution is 0.403. The van der Waals surface area contributed by atoms with Crippen molar-refractivity contribution >= 4 is 0 Å². The summed E-state index contributed by atoms with van der Waals surface area (Å²) >= 11 is 0. The minimum absolute atomic E-state index is 0.112. The van der Waals surface area contributed by atoms with E-state index in [2.05, 4.69) is 0 Å². The summed E-state index contributed by atoms with van der Waals surface area (Å²) in [7, 11) is 3.02. The number of aromatic hydroxyl groups is 1. The number of hydrogen-bond acceptors (Lipinski definition) is 3. The number of aryl methyl sites for hydroxylation is 1. The fourth-order valence-corrected chi connectivity index (χ4v) is 2.00. The van der Waals surface area contributed by atoms with Crippen LogP contribution in [-0.4, -0.2) is 19.3 Å². The van der Waals surface area contributed by atoms with Crippen molar-refractivity contribution in [2.24, 2.45) is 0 Å². The van der Waals surface area contributed by atoms with Gasteiger partial charge in [-0.05, 0) is 42.8 Å². The molecule has 3 nitrogen and oxygen atoms in total. The van der Waals surface area contributed by atoms with Crippen molar-refractivity contribution in [3.63, 3.8) is 0 Å². The summed E-state index contributed by atoms with van der Waals surface area (Å²) < 4.78 is 24.4. The Morgan fingerprint density at radius 2 is 1.79 bits per heavy atom. The Bertz CT molecular complexity index is 585. The third-order valence-corrected chi connectivity index (χ3v) is 2.89. The summed E-state index contributed by atoms with van der Waals surface area (Å²) in [6.45, 7) is 1.72. The van der Waals surface area contributed by atoms with E-state index in [9.17, 15) is 9.50 Å². The predicted octanol–water partition coefficient (Wildman–Crippen LogP) is 3.52. The minimum Gasteiger partial charge on any atom is -0.507 e. The number of phenolic OH excluding ortho intramolecular Hbond substituents is 1. The molecule has 2 aromatic rings. The van der Waals surface area contributed by atoms with Gasteiger partial charge < -0.3 is 14.6 Å². The van der Waals surface area contributed by atoms with Gasteiger partial charge in [0.1, 0.15) is 23.1 Å². The van der Waals surface area contributed by atoms with Crippen molar-refractivity contribution in [1.82, 2.24) is 0 Å². The van der Waals surface area contributed by atoms with Gasteiger partial charge in [0.15, 0.2) is 0 Å². The smallest absolute Gasteiger partial charge is 0.135 e. The number of ether oxygens (including phenoxy) is 2. The Kier molecular flexibility index (Phi) is 3.60. The van der Waals surface area contributed by atoms with E-state index in [1.54, 1.807) is 25.1 Å². The Balaban J connectivity index is 2.70. The number of hydrogen-bond donors (Lipinski definition) is 1. The zero-order valence-electron chi connectivity index (χ0n) is 11.0. The molecule has 0 aliphatic rings. The van der Waals surface area contributed by atoms with Gasteiger partial charge in [0, 0.05) is 5.56 Å². The molecule has 0 unspecified atom stereocenters. The molecule has 4 heteroatoms. The molecule has 100 valence electrons. The standard InChI is InChI=1S/C15H15FO3/c1-9-6-12(16)15(13(17)7-9)11-8-10(18-2)4-5-14(11)19-3/h4-8,17H,1-3H3. The van der Waals surface area contributed by atoms with E-state index >= 15 is 0 Å². The number of rotatable bonds is 3. The predicted molar refractivity (Wildman–Crippen MR) is 71.3 cm³/mol. The third-order valence-electron chi connectivity index (χ3n) is 2.89. The molecule has 0 heterocycles. The van der Waals surface area contributed by atoms with Crippen molar-refractivity contribution in [3.8, 4) is 28.4 Å². The van der Waals surface area contributed by atoms with Crippen LogP contribution in [0.25, 0.3) is 11.1 Å². The SMILES string of the molecule is COc1ccc(OC)c(-c2c(O)cc(C)cc2F)c1. The molecule has 0 spiro atoms. The van der Waals surface area contributed by atoms with Crippen molar-refractivity contribution < 1.29 is 19.0 Å². The molecule has 0 saturated carbocycles. The number of halogens is 1. The highest BCUT2D eigenvalue weighted by Crippen LogP contribution is 2.40. The van der Waals surface area contributed by atoms with Gasteiger partial charge in [-0.3, -0.25) is 0 Å². The van der Waals surface area contributed by atoms with Crippen LogP contribution in [0.5, 0.6) is 17.2 Å². The lowest BCUT2D eigenvalue weighted by Crippen LogP contribution is -1.93. The summed E-state index contributed by atoms with van der Waals surface area (Å²) in [4.78, 5) is 0. The Labute approximate surface area is 111 Å². The lowest BCUT2D eigenvalue weighted by atomic mass is 10.0. The van der Waals surface area contributed by atoms with Gasteiger partial charge >= 0.3 is 0 Å². The van der Waals surface area contributed by atoms with Gasteiger partial charge in [-0.25, -0.2) is 4.39 Å². The van der Waals surface area contributed by atoms with E-state index in [0.29, 0.717) is 22.6 Å². The molecule has 0 fully saturated rings. The molecule has 0 saturated heterocycles. The second-order valence-electron chi connectivity index (χ2n) is 4.21. The second-order valence-corrected chi connectivity index (χ2v) is 4.21. The van der Waals surface area contributed by atoms with Crippen LogP contribution in [0.15, 0.2) is 30.3 Å². The monoisotopic (exact) mass is 262 g/mol. The van der Waals surface area contributed by atoms with E-state index < -0.39 is 5.82 Å². The van der Waals surface area contributed by atoms with E-state index in [0.717, 1.165) is 0 Å². The van der Waals surface area contributed by atoms with Crippen LogP contribution < -0.4 is 9.47 Å². The molecule has 2 aromatic carbocycles. The first kappa shape index (κ1) is 13.2. The molecule has 2 rings (SSSR count). The average Bonchev–Trinajstić information content (AvgIpc) is 2.37. The van der Waals surface area contributed by atoms with Crippen LogP contribution >= 0.6 is 0 Å². The van der Waals surface area contributed by atoms with Crippen LogP contribution in [0.2, 0.25) is 0 Å². The number of phenols is 1. The largest absolute Gasteiger partial charge is 0.507 e. The van der Waals surface area contributed by atoms with E-state index in [1.807, 2.05) is 0 Å². The molecule has 0 bridgehead atoms. The summed E-state index contributed by atoms with van der Waals surface area (Å²) in [5, 5.41) is 9.97. The molecule has 0 aliphatic heterocycles. The molecule has 19 heavy (non-hydrogen) atoms. The van der Waals surface area contributed by atoms with Crippen LogP contribution in [0, 0.1) is 12.7 Å². The zero-order chi connectivity index (χ0) is 14.0. The van der Waals surface area contributed by atoms with Gasteiger partial charge in [0.05, 0.1) is 19.8 Å². The maximum Gasteiger partial charge on any atom is 0.135 e. The Morgan fingerprint density at radius 3 is 2.37 bits per heavy atom. The van der Waals surface area contributed by atoms with Crippen LogP contribution in [0.1, 0.15) is 5.56 Å². The second kappa shape index (κ2) is 5.18. The Morgan fingerprint density at radius 1 is 1.05 bits per heavy atom. The van der Waals surface area contributed by atoms with Crippen molar-refractivity contribution in [2.75, 3.05) is 14.2 Å². The summed E-state index contributed by atoms with van der Waals surface area (Å²) in [6, 6.07) is 7.90. The Hall–Kier alpha value is -2.23. The summed E-state index contributed by atoms with van der Waals surface area (Å²) in [5.41, 5.74) is 1.22. The zero-order valence-corrected chi connectivity index (χ0v) is 11.0. The summed E-state index contributed by atoms with van der Waals surface area (Å²) in [6.07, 6.45) is 0. The van der Waals surface area contributed by atoms with Gasteiger partial charge in [-0.15, -0.1) is 0 Å². The first-order chi connectivity index (χ1) is 9.06. The molecule has 0 radical (unpaired) electrons.